The normalized spacial score (nSPS) is 16.4. The summed E-state index contributed by atoms with van der Waals surface area (Å²) in [5.74, 6) is 1.16. The highest BCUT2D eigenvalue weighted by molar-refractivity contribution is 7.98. The topological polar surface area (TPSA) is 49.8 Å². The number of morpholine rings is 1. The lowest BCUT2D eigenvalue weighted by Crippen LogP contribution is -2.37. The van der Waals surface area contributed by atoms with Crippen LogP contribution in [-0.4, -0.2) is 54.6 Å². The van der Waals surface area contributed by atoms with Crippen molar-refractivity contribution in [3.63, 3.8) is 0 Å². The second-order valence-electron chi connectivity index (χ2n) is 4.51. The zero-order chi connectivity index (χ0) is 13.5. The Morgan fingerprint density at radius 1 is 1.26 bits per heavy atom. The third-order valence-electron chi connectivity index (χ3n) is 3.13. The van der Waals surface area contributed by atoms with E-state index in [1.54, 1.807) is 12.1 Å². The lowest BCUT2D eigenvalue weighted by Gasteiger charge is -2.26. The monoisotopic (exact) mass is 281 g/mol. The van der Waals surface area contributed by atoms with E-state index >= 15 is 0 Å². The molecule has 0 spiro atoms. The number of hydrogen-bond donors (Lipinski definition) is 1. The Hall–Kier alpha value is -1.04. The Morgan fingerprint density at radius 3 is 2.58 bits per heavy atom. The quantitative estimate of drug-likeness (QED) is 0.808. The first-order chi connectivity index (χ1) is 9.25. The number of rotatable bonds is 6. The predicted molar refractivity (Wildman–Crippen MR) is 76.8 cm³/mol. The van der Waals surface area contributed by atoms with Gasteiger partial charge in [-0.15, -0.1) is 0 Å². The summed E-state index contributed by atoms with van der Waals surface area (Å²) in [6, 6.07) is 7.12. The van der Waals surface area contributed by atoms with Crippen LogP contribution in [0.1, 0.15) is 15.9 Å². The number of nitrogens with zero attached hydrogens (tertiary/aromatic N) is 1. The van der Waals surface area contributed by atoms with Gasteiger partial charge >= 0.3 is 5.97 Å². The van der Waals surface area contributed by atoms with Gasteiger partial charge in [-0.05, 0) is 17.7 Å². The van der Waals surface area contributed by atoms with Crippen molar-refractivity contribution in [2.45, 2.75) is 5.75 Å². The van der Waals surface area contributed by atoms with Crippen molar-refractivity contribution >= 4 is 17.7 Å². The molecular weight excluding hydrogens is 262 g/mol. The molecule has 1 aromatic carbocycles. The minimum absolute atomic E-state index is 0.349. The van der Waals surface area contributed by atoms with Gasteiger partial charge in [-0.3, -0.25) is 4.90 Å². The van der Waals surface area contributed by atoms with Gasteiger partial charge < -0.3 is 9.84 Å². The SMILES string of the molecule is O=C(O)c1ccc(CSCCN2CCOCC2)cc1. The molecule has 0 amide bonds. The smallest absolute Gasteiger partial charge is 0.335 e. The number of carbonyl (C=O) groups is 1. The summed E-state index contributed by atoms with van der Waals surface area (Å²) in [5, 5.41) is 8.81. The maximum absolute atomic E-state index is 10.7. The van der Waals surface area contributed by atoms with Gasteiger partial charge in [-0.25, -0.2) is 4.79 Å². The molecule has 2 rings (SSSR count). The molecule has 1 N–H and O–H groups in total. The van der Waals surface area contributed by atoms with Crippen LogP contribution < -0.4 is 0 Å². The summed E-state index contributed by atoms with van der Waals surface area (Å²) in [6.07, 6.45) is 0. The average Bonchev–Trinajstić information content (AvgIpc) is 2.45. The standard InChI is InChI=1S/C14H19NO3S/c16-14(17)13-3-1-12(2-4-13)11-19-10-7-15-5-8-18-9-6-15/h1-4H,5-11H2,(H,16,17). The molecule has 19 heavy (non-hydrogen) atoms. The van der Waals surface area contributed by atoms with Gasteiger partial charge in [-0.2, -0.15) is 11.8 Å². The van der Waals surface area contributed by atoms with Crippen molar-refractivity contribution in [3.05, 3.63) is 35.4 Å². The first-order valence-corrected chi connectivity index (χ1v) is 7.61. The molecule has 0 unspecified atom stereocenters. The van der Waals surface area contributed by atoms with E-state index in [2.05, 4.69) is 4.90 Å². The maximum Gasteiger partial charge on any atom is 0.335 e. The number of carboxylic acid groups (broad SMARTS) is 1. The molecule has 0 aromatic heterocycles. The van der Waals surface area contributed by atoms with Crippen molar-refractivity contribution in [1.82, 2.24) is 4.90 Å². The Morgan fingerprint density at radius 2 is 1.95 bits per heavy atom. The van der Waals surface area contributed by atoms with Crippen LogP contribution in [0.15, 0.2) is 24.3 Å². The molecule has 104 valence electrons. The second-order valence-corrected chi connectivity index (χ2v) is 5.61. The summed E-state index contributed by atoms with van der Waals surface area (Å²) in [7, 11) is 0. The van der Waals surface area contributed by atoms with Gasteiger partial charge in [0.25, 0.3) is 0 Å². The molecule has 1 aromatic rings. The van der Waals surface area contributed by atoms with Crippen molar-refractivity contribution in [3.8, 4) is 0 Å². The van der Waals surface area contributed by atoms with Crippen LogP contribution in [0.25, 0.3) is 0 Å². The molecular formula is C14H19NO3S. The number of carboxylic acids is 1. The van der Waals surface area contributed by atoms with Crippen LogP contribution in [0.4, 0.5) is 0 Å². The fraction of sp³-hybridized carbons (Fsp3) is 0.500. The van der Waals surface area contributed by atoms with Crippen LogP contribution in [-0.2, 0) is 10.5 Å². The van der Waals surface area contributed by atoms with E-state index in [1.165, 1.54) is 5.56 Å². The van der Waals surface area contributed by atoms with E-state index in [0.717, 1.165) is 44.4 Å². The molecule has 0 radical (unpaired) electrons. The van der Waals surface area contributed by atoms with Crippen molar-refractivity contribution in [2.75, 3.05) is 38.6 Å². The number of aromatic carboxylic acids is 1. The summed E-state index contributed by atoms with van der Waals surface area (Å²) < 4.78 is 5.31. The number of hydrogen-bond acceptors (Lipinski definition) is 4. The molecule has 0 saturated carbocycles. The summed E-state index contributed by atoms with van der Waals surface area (Å²) in [5.41, 5.74) is 1.53. The molecule has 1 fully saturated rings. The largest absolute Gasteiger partial charge is 0.478 e. The first kappa shape index (κ1) is 14.4. The molecule has 1 saturated heterocycles. The van der Waals surface area contributed by atoms with Crippen molar-refractivity contribution in [2.24, 2.45) is 0 Å². The molecule has 1 heterocycles. The van der Waals surface area contributed by atoms with E-state index in [9.17, 15) is 4.79 Å². The summed E-state index contributed by atoms with van der Waals surface area (Å²) in [4.78, 5) is 13.1. The third-order valence-corrected chi connectivity index (χ3v) is 4.13. The van der Waals surface area contributed by atoms with Gasteiger partial charge in [0, 0.05) is 31.1 Å². The van der Waals surface area contributed by atoms with Crippen LogP contribution in [0.3, 0.4) is 0 Å². The second kappa shape index (κ2) is 7.53. The van der Waals surface area contributed by atoms with E-state index in [1.807, 2.05) is 23.9 Å². The van der Waals surface area contributed by atoms with Crippen LogP contribution in [0.2, 0.25) is 0 Å². The van der Waals surface area contributed by atoms with E-state index < -0.39 is 5.97 Å². The third kappa shape index (κ3) is 4.86. The summed E-state index contributed by atoms with van der Waals surface area (Å²) in [6.45, 7) is 4.87. The zero-order valence-corrected chi connectivity index (χ0v) is 11.7. The lowest BCUT2D eigenvalue weighted by molar-refractivity contribution is 0.0410. The van der Waals surface area contributed by atoms with E-state index in [4.69, 9.17) is 9.84 Å². The predicted octanol–water partition coefficient (Wildman–Crippen LogP) is 1.95. The highest BCUT2D eigenvalue weighted by atomic mass is 32.2. The number of ether oxygens (including phenoxy) is 1. The molecule has 5 heteroatoms. The Kier molecular flexibility index (Phi) is 5.69. The highest BCUT2D eigenvalue weighted by Crippen LogP contribution is 2.13. The zero-order valence-electron chi connectivity index (χ0n) is 10.9. The van der Waals surface area contributed by atoms with Crippen LogP contribution in [0.5, 0.6) is 0 Å². The minimum atomic E-state index is -0.869. The average molecular weight is 281 g/mol. The number of benzene rings is 1. The van der Waals surface area contributed by atoms with Crippen LogP contribution >= 0.6 is 11.8 Å². The fourth-order valence-corrected chi connectivity index (χ4v) is 2.91. The van der Waals surface area contributed by atoms with Gasteiger partial charge in [0.2, 0.25) is 0 Å². The molecule has 4 nitrogen and oxygen atoms in total. The van der Waals surface area contributed by atoms with Gasteiger partial charge in [0.1, 0.15) is 0 Å². The minimum Gasteiger partial charge on any atom is -0.478 e. The molecule has 0 atom stereocenters. The lowest BCUT2D eigenvalue weighted by atomic mass is 10.1. The van der Waals surface area contributed by atoms with Crippen molar-refractivity contribution in [1.29, 1.82) is 0 Å². The Balaban J connectivity index is 1.66. The maximum atomic E-state index is 10.7. The van der Waals surface area contributed by atoms with Crippen molar-refractivity contribution < 1.29 is 14.6 Å². The van der Waals surface area contributed by atoms with E-state index in [0.29, 0.717) is 5.56 Å². The van der Waals surface area contributed by atoms with Crippen LogP contribution in [0, 0.1) is 0 Å². The molecule has 1 aliphatic rings. The molecule has 0 aliphatic carbocycles. The molecule has 0 bridgehead atoms. The Bertz CT molecular complexity index is 402. The first-order valence-electron chi connectivity index (χ1n) is 6.46. The van der Waals surface area contributed by atoms with E-state index in [-0.39, 0.29) is 0 Å². The number of thioether (sulfide) groups is 1. The van der Waals surface area contributed by atoms with Gasteiger partial charge in [-0.1, -0.05) is 12.1 Å². The highest BCUT2D eigenvalue weighted by Gasteiger charge is 2.09. The summed E-state index contributed by atoms with van der Waals surface area (Å²) >= 11 is 1.88. The molecule has 1 aliphatic heterocycles. The van der Waals surface area contributed by atoms with Gasteiger partial charge in [0.15, 0.2) is 0 Å². The van der Waals surface area contributed by atoms with Gasteiger partial charge in [0.05, 0.1) is 18.8 Å². The Labute approximate surface area is 117 Å². The fourth-order valence-electron chi connectivity index (χ4n) is 1.95.